The molecule has 0 saturated carbocycles. The van der Waals surface area contributed by atoms with Crippen molar-refractivity contribution < 1.29 is 9.59 Å². The van der Waals surface area contributed by atoms with Gasteiger partial charge in [0.15, 0.2) is 0 Å². The third-order valence-electron chi connectivity index (χ3n) is 4.92. The first kappa shape index (κ1) is 19.8. The van der Waals surface area contributed by atoms with Crippen molar-refractivity contribution in [1.29, 1.82) is 0 Å². The van der Waals surface area contributed by atoms with Gasteiger partial charge >= 0.3 is 0 Å². The van der Waals surface area contributed by atoms with Crippen molar-refractivity contribution in [2.75, 3.05) is 18.4 Å². The van der Waals surface area contributed by atoms with Gasteiger partial charge in [-0.3, -0.25) is 14.5 Å². The Labute approximate surface area is 166 Å². The third-order valence-corrected chi connectivity index (χ3v) is 4.92. The van der Waals surface area contributed by atoms with E-state index in [2.05, 4.69) is 46.4 Å². The number of carbonyl (C=O) groups excluding carboxylic acids is 2. The van der Waals surface area contributed by atoms with Gasteiger partial charge in [-0.1, -0.05) is 49.4 Å². The summed E-state index contributed by atoms with van der Waals surface area (Å²) in [5, 5.41) is 5.86. The summed E-state index contributed by atoms with van der Waals surface area (Å²) in [6.07, 6.45) is 4.43. The lowest BCUT2D eigenvalue weighted by molar-refractivity contribution is -0.111. The van der Waals surface area contributed by atoms with Crippen LogP contribution in [0.4, 0.5) is 5.69 Å². The van der Waals surface area contributed by atoms with E-state index in [1.54, 1.807) is 24.3 Å². The fourth-order valence-corrected chi connectivity index (χ4v) is 3.52. The van der Waals surface area contributed by atoms with Crippen molar-refractivity contribution in [3.63, 3.8) is 0 Å². The van der Waals surface area contributed by atoms with Crippen LogP contribution in [-0.2, 0) is 11.3 Å². The second-order valence-electron chi connectivity index (χ2n) is 7.16. The first-order chi connectivity index (χ1) is 13.6. The van der Waals surface area contributed by atoms with Crippen molar-refractivity contribution in [3.05, 3.63) is 78.4 Å². The molecule has 5 nitrogen and oxygen atoms in total. The van der Waals surface area contributed by atoms with Gasteiger partial charge in [0.25, 0.3) is 5.91 Å². The third kappa shape index (κ3) is 5.79. The molecule has 0 spiro atoms. The number of likely N-dealkylation sites (tertiary alicyclic amines) is 1. The Morgan fingerprint density at radius 3 is 2.71 bits per heavy atom. The summed E-state index contributed by atoms with van der Waals surface area (Å²) in [5.74, 6) is -0.404. The number of anilines is 1. The maximum atomic E-state index is 12.7. The zero-order chi connectivity index (χ0) is 19.8. The average Bonchev–Trinajstić information content (AvgIpc) is 2.93. The van der Waals surface area contributed by atoms with Crippen LogP contribution in [0.3, 0.4) is 0 Å². The van der Waals surface area contributed by atoms with Gasteiger partial charge in [0.05, 0.1) is 0 Å². The van der Waals surface area contributed by atoms with E-state index in [9.17, 15) is 9.59 Å². The molecule has 146 valence electrons. The quantitative estimate of drug-likeness (QED) is 0.756. The summed E-state index contributed by atoms with van der Waals surface area (Å²) < 4.78 is 0. The number of hydrogen-bond acceptors (Lipinski definition) is 3. The monoisotopic (exact) mass is 377 g/mol. The van der Waals surface area contributed by atoms with E-state index in [0.717, 1.165) is 38.9 Å². The van der Waals surface area contributed by atoms with Gasteiger partial charge in [-0.15, -0.1) is 0 Å². The fraction of sp³-hybridized carbons (Fsp3) is 0.304. The summed E-state index contributed by atoms with van der Waals surface area (Å²) in [7, 11) is 0. The van der Waals surface area contributed by atoms with Gasteiger partial charge in [-0.05, 0) is 49.2 Å². The fourth-order valence-electron chi connectivity index (χ4n) is 3.52. The molecule has 2 amide bonds. The van der Waals surface area contributed by atoms with E-state index in [1.807, 2.05) is 6.07 Å². The molecule has 0 aliphatic carbocycles. The second-order valence-corrected chi connectivity index (χ2v) is 7.16. The lowest BCUT2D eigenvalue weighted by atomic mass is 10.1. The number of rotatable bonds is 6. The molecule has 0 aromatic heterocycles. The highest BCUT2D eigenvalue weighted by molar-refractivity contribution is 6.00. The lowest BCUT2D eigenvalue weighted by Crippen LogP contribution is -2.42. The number of benzene rings is 2. The predicted octanol–water partition coefficient (Wildman–Crippen LogP) is 3.60. The number of hydrogen-bond donors (Lipinski definition) is 2. The summed E-state index contributed by atoms with van der Waals surface area (Å²) >= 11 is 0. The van der Waals surface area contributed by atoms with Gasteiger partial charge in [0.2, 0.25) is 5.91 Å². The van der Waals surface area contributed by atoms with E-state index in [1.165, 1.54) is 11.6 Å². The van der Waals surface area contributed by atoms with Crippen LogP contribution < -0.4 is 10.6 Å². The zero-order valence-electron chi connectivity index (χ0n) is 16.1. The number of nitrogens with zero attached hydrogens (tertiary/aromatic N) is 1. The van der Waals surface area contributed by atoms with E-state index in [0.29, 0.717) is 11.3 Å². The van der Waals surface area contributed by atoms with Gasteiger partial charge < -0.3 is 10.6 Å². The SMILES string of the molecule is C=CC(=O)Nc1cccc(C(=O)NC2CCCCN(Cc3ccccc3)C2)c1. The Balaban J connectivity index is 1.61. The molecule has 2 aromatic carbocycles. The van der Waals surface area contributed by atoms with Crippen LogP contribution in [0.2, 0.25) is 0 Å². The van der Waals surface area contributed by atoms with E-state index >= 15 is 0 Å². The molecule has 5 heteroatoms. The molecule has 1 heterocycles. The van der Waals surface area contributed by atoms with Crippen LogP contribution in [0, 0.1) is 0 Å². The molecule has 3 rings (SSSR count). The van der Waals surface area contributed by atoms with Crippen LogP contribution in [0.5, 0.6) is 0 Å². The van der Waals surface area contributed by atoms with Crippen LogP contribution in [-0.4, -0.2) is 35.8 Å². The summed E-state index contributed by atoms with van der Waals surface area (Å²) in [6, 6.07) is 17.5. The van der Waals surface area contributed by atoms with E-state index in [-0.39, 0.29) is 17.9 Å². The highest BCUT2D eigenvalue weighted by Crippen LogP contribution is 2.16. The molecule has 1 aliphatic rings. The van der Waals surface area contributed by atoms with Crippen molar-refractivity contribution in [2.45, 2.75) is 31.8 Å². The lowest BCUT2D eigenvalue weighted by Gasteiger charge is -2.25. The topological polar surface area (TPSA) is 61.4 Å². The van der Waals surface area contributed by atoms with Crippen molar-refractivity contribution in [1.82, 2.24) is 10.2 Å². The van der Waals surface area contributed by atoms with Crippen LogP contribution in [0.1, 0.15) is 35.2 Å². The van der Waals surface area contributed by atoms with Gasteiger partial charge in [0.1, 0.15) is 0 Å². The molecule has 2 N–H and O–H groups in total. The molecule has 0 bridgehead atoms. The molecular weight excluding hydrogens is 350 g/mol. The first-order valence-corrected chi connectivity index (χ1v) is 9.74. The molecular formula is C23H27N3O2. The smallest absolute Gasteiger partial charge is 0.251 e. The Morgan fingerprint density at radius 1 is 1.11 bits per heavy atom. The molecule has 1 saturated heterocycles. The van der Waals surface area contributed by atoms with Gasteiger partial charge in [0, 0.05) is 30.4 Å². The molecule has 1 aliphatic heterocycles. The van der Waals surface area contributed by atoms with Crippen LogP contribution in [0.15, 0.2) is 67.3 Å². The van der Waals surface area contributed by atoms with E-state index in [4.69, 9.17) is 0 Å². The Hall–Kier alpha value is -2.92. The molecule has 1 fully saturated rings. The Bertz CT molecular complexity index is 820. The van der Waals surface area contributed by atoms with Gasteiger partial charge in [-0.2, -0.15) is 0 Å². The van der Waals surface area contributed by atoms with Crippen molar-refractivity contribution in [2.24, 2.45) is 0 Å². The Kier molecular flexibility index (Phi) is 6.98. The Morgan fingerprint density at radius 2 is 1.93 bits per heavy atom. The second kappa shape index (κ2) is 9.85. The summed E-state index contributed by atoms with van der Waals surface area (Å²) in [5.41, 5.74) is 2.42. The van der Waals surface area contributed by atoms with Crippen LogP contribution >= 0.6 is 0 Å². The number of amides is 2. The zero-order valence-corrected chi connectivity index (χ0v) is 16.1. The normalized spacial score (nSPS) is 17.4. The maximum absolute atomic E-state index is 12.7. The minimum atomic E-state index is -0.294. The minimum Gasteiger partial charge on any atom is -0.348 e. The minimum absolute atomic E-state index is 0.110. The standard InChI is InChI=1S/C23H27N3O2/c1-2-22(27)24-20-13-8-11-19(15-20)23(28)25-21-12-6-7-14-26(17-21)16-18-9-4-3-5-10-18/h2-5,8-11,13,15,21H,1,6-7,12,14,16-17H2,(H,24,27)(H,25,28). The molecule has 28 heavy (non-hydrogen) atoms. The maximum Gasteiger partial charge on any atom is 0.251 e. The number of carbonyl (C=O) groups is 2. The highest BCUT2D eigenvalue weighted by Gasteiger charge is 2.20. The van der Waals surface area contributed by atoms with Gasteiger partial charge in [-0.25, -0.2) is 0 Å². The van der Waals surface area contributed by atoms with E-state index < -0.39 is 0 Å². The molecule has 0 radical (unpaired) electrons. The first-order valence-electron chi connectivity index (χ1n) is 9.74. The largest absolute Gasteiger partial charge is 0.348 e. The van der Waals surface area contributed by atoms with Crippen LogP contribution in [0.25, 0.3) is 0 Å². The molecule has 2 aromatic rings. The summed E-state index contributed by atoms with van der Waals surface area (Å²) in [6.45, 7) is 6.23. The highest BCUT2D eigenvalue weighted by atomic mass is 16.2. The predicted molar refractivity (Wildman–Crippen MR) is 112 cm³/mol. The molecule has 1 unspecified atom stereocenters. The number of nitrogens with one attached hydrogen (secondary N) is 2. The summed E-state index contributed by atoms with van der Waals surface area (Å²) in [4.78, 5) is 26.6. The van der Waals surface area contributed by atoms with Crippen molar-refractivity contribution in [3.8, 4) is 0 Å². The van der Waals surface area contributed by atoms with Crippen molar-refractivity contribution >= 4 is 17.5 Å². The average molecular weight is 377 g/mol. The molecule has 1 atom stereocenters.